The molecule has 0 aromatic carbocycles. The normalized spacial score (nSPS) is 32.8. The van der Waals surface area contributed by atoms with Crippen molar-refractivity contribution in [3.63, 3.8) is 0 Å². The Kier molecular flexibility index (Phi) is 3.19. The molecule has 98 valence electrons. The summed E-state index contributed by atoms with van der Waals surface area (Å²) >= 11 is 0. The Morgan fingerprint density at radius 2 is 2.00 bits per heavy atom. The van der Waals surface area contributed by atoms with Crippen LogP contribution < -0.4 is 0 Å². The fourth-order valence-electron chi connectivity index (χ4n) is 3.09. The van der Waals surface area contributed by atoms with E-state index in [4.69, 9.17) is 5.26 Å². The number of nitriles is 1. The van der Waals surface area contributed by atoms with Crippen molar-refractivity contribution in [2.24, 2.45) is 5.92 Å². The summed E-state index contributed by atoms with van der Waals surface area (Å²) in [7, 11) is -0.743. The molecule has 2 aliphatic heterocycles. The van der Waals surface area contributed by atoms with E-state index in [2.05, 4.69) is 4.98 Å². The molecule has 0 radical (unpaired) electrons. The zero-order valence-corrected chi connectivity index (χ0v) is 11.2. The summed E-state index contributed by atoms with van der Waals surface area (Å²) in [5.41, 5.74) is 0.643. The lowest BCUT2D eigenvalue weighted by molar-refractivity contribution is 0.0901. The summed E-state index contributed by atoms with van der Waals surface area (Å²) < 4.78 is 11.9. The first kappa shape index (κ1) is 12.5. The molecule has 2 bridgehead atoms. The lowest BCUT2D eigenvalue weighted by Gasteiger charge is -2.25. The average molecular weight is 274 g/mol. The summed E-state index contributed by atoms with van der Waals surface area (Å²) in [4.78, 5) is 16.5. The highest BCUT2D eigenvalue weighted by Crippen LogP contribution is 2.39. The minimum atomic E-state index is -0.743. The van der Waals surface area contributed by atoms with Crippen LogP contribution in [0.4, 0.5) is 0 Å². The monoisotopic (exact) mass is 274 g/mol. The average Bonchev–Trinajstić information content (AvgIpc) is 2.68. The third-order valence-corrected chi connectivity index (χ3v) is 6.22. The summed E-state index contributed by atoms with van der Waals surface area (Å²) in [5, 5.41) is 9.19. The molecule has 2 fully saturated rings. The van der Waals surface area contributed by atoms with E-state index in [-0.39, 0.29) is 27.9 Å². The Bertz CT molecular complexity index is 577. The zero-order chi connectivity index (χ0) is 13.4. The molecular formula is C14H14N2O2S. The smallest absolute Gasteiger partial charge is 0.184 e. The Morgan fingerprint density at radius 1 is 1.32 bits per heavy atom. The van der Waals surface area contributed by atoms with E-state index in [9.17, 15) is 9.00 Å². The van der Waals surface area contributed by atoms with Gasteiger partial charge in [-0.3, -0.25) is 9.00 Å². The van der Waals surface area contributed by atoms with Gasteiger partial charge in [0, 0.05) is 27.2 Å². The molecule has 5 heteroatoms. The highest BCUT2D eigenvalue weighted by molar-refractivity contribution is 7.86. The first-order chi connectivity index (χ1) is 9.19. The molecule has 0 spiro atoms. The summed E-state index contributed by atoms with van der Waals surface area (Å²) in [6.07, 6.45) is 3.38. The Hall–Kier alpha value is -1.54. The van der Waals surface area contributed by atoms with Crippen molar-refractivity contribution in [3.05, 3.63) is 29.6 Å². The van der Waals surface area contributed by atoms with Gasteiger partial charge in [-0.15, -0.1) is 0 Å². The molecule has 2 unspecified atom stereocenters. The van der Waals surface area contributed by atoms with Crippen LogP contribution in [0.3, 0.4) is 0 Å². The Labute approximate surface area is 114 Å². The zero-order valence-electron chi connectivity index (χ0n) is 10.4. The highest BCUT2D eigenvalue weighted by atomic mass is 32.2. The largest absolute Gasteiger partial charge is 0.292 e. The first-order valence-corrected chi connectivity index (χ1v) is 7.77. The SMILES string of the molecule is N#Cc1cccc(C(=O)C2CC3CCC(C2)S3=O)n1. The first-order valence-electron chi connectivity index (χ1n) is 6.50. The molecule has 3 heterocycles. The third-order valence-electron chi connectivity index (χ3n) is 4.05. The fourth-order valence-corrected chi connectivity index (χ4v) is 5.22. The van der Waals surface area contributed by atoms with Crippen LogP contribution in [0.1, 0.15) is 41.9 Å². The standard InChI is InChI=1S/C14H14N2O2S/c15-8-10-2-1-3-13(16-10)14(17)9-6-11-4-5-12(7-9)19(11)18/h1-3,9,11-12H,4-7H2. The van der Waals surface area contributed by atoms with Crippen LogP contribution in [0, 0.1) is 17.2 Å². The van der Waals surface area contributed by atoms with E-state index in [1.165, 1.54) is 0 Å². The number of hydrogen-bond donors (Lipinski definition) is 0. The van der Waals surface area contributed by atoms with Gasteiger partial charge in [0.2, 0.25) is 0 Å². The third kappa shape index (κ3) is 2.21. The van der Waals surface area contributed by atoms with Crippen molar-refractivity contribution in [1.82, 2.24) is 4.98 Å². The van der Waals surface area contributed by atoms with Crippen molar-refractivity contribution in [1.29, 1.82) is 5.26 Å². The molecular weight excluding hydrogens is 260 g/mol. The topological polar surface area (TPSA) is 70.8 Å². The highest BCUT2D eigenvalue weighted by Gasteiger charge is 2.43. The van der Waals surface area contributed by atoms with Crippen LogP contribution in [0.15, 0.2) is 18.2 Å². The van der Waals surface area contributed by atoms with Crippen molar-refractivity contribution in [3.8, 4) is 6.07 Å². The molecule has 0 saturated carbocycles. The second kappa shape index (κ2) is 4.86. The van der Waals surface area contributed by atoms with Crippen LogP contribution in [-0.2, 0) is 10.8 Å². The maximum absolute atomic E-state index is 12.4. The van der Waals surface area contributed by atoms with E-state index < -0.39 is 10.8 Å². The van der Waals surface area contributed by atoms with E-state index >= 15 is 0 Å². The maximum atomic E-state index is 12.4. The number of rotatable bonds is 2. The lowest BCUT2D eigenvalue weighted by atomic mass is 9.92. The predicted octanol–water partition coefficient (Wildman–Crippen LogP) is 1.83. The quantitative estimate of drug-likeness (QED) is 0.771. The van der Waals surface area contributed by atoms with E-state index in [1.807, 2.05) is 6.07 Å². The Morgan fingerprint density at radius 3 is 2.63 bits per heavy atom. The second-order valence-electron chi connectivity index (χ2n) is 5.20. The molecule has 3 rings (SSSR count). The molecule has 2 atom stereocenters. The van der Waals surface area contributed by atoms with Gasteiger partial charge >= 0.3 is 0 Å². The van der Waals surface area contributed by atoms with Gasteiger partial charge in [-0.25, -0.2) is 4.98 Å². The fraction of sp³-hybridized carbons (Fsp3) is 0.500. The van der Waals surface area contributed by atoms with E-state index in [1.54, 1.807) is 18.2 Å². The van der Waals surface area contributed by atoms with Crippen molar-refractivity contribution < 1.29 is 9.00 Å². The number of fused-ring (bicyclic) bond motifs is 2. The van der Waals surface area contributed by atoms with Crippen LogP contribution in [0.2, 0.25) is 0 Å². The van der Waals surface area contributed by atoms with Crippen molar-refractivity contribution >= 4 is 16.6 Å². The number of nitrogens with zero attached hydrogens (tertiary/aromatic N) is 2. The van der Waals surface area contributed by atoms with E-state index in [0.717, 1.165) is 12.8 Å². The minimum absolute atomic E-state index is 0.00528. The minimum Gasteiger partial charge on any atom is -0.292 e. The van der Waals surface area contributed by atoms with Gasteiger partial charge in [-0.2, -0.15) is 5.26 Å². The number of carbonyl (C=O) groups is 1. The summed E-state index contributed by atoms with van der Waals surface area (Å²) in [6.45, 7) is 0. The molecule has 4 nitrogen and oxygen atoms in total. The van der Waals surface area contributed by atoms with Crippen LogP contribution in [0.5, 0.6) is 0 Å². The number of Topliss-reactive ketones (excluding diaryl/α,β-unsaturated/α-hetero) is 1. The summed E-state index contributed by atoms with van der Waals surface area (Å²) in [5.74, 6) is -0.0673. The number of aromatic nitrogens is 1. The van der Waals surface area contributed by atoms with Crippen molar-refractivity contribution in [2.75, 3.05) is 0 Å². The van der Waals surface area contributed by atoms with Gasteiger partial charge in [0.15, 0.2) is 5.78 Å². The van der Waals surface area contributed by atoms with Gasteiger partial charge < -0.3 is 0 Å². The van der Waals surface area contributed by atoms with Crippen molar-refractivity contribution in [2.45, 2.75) is 36.2 Å². The molecule has 19 heavy (non-hydrogen) atoms. The van der Waals surface area contributed by atoms with Crippen LogP contribution in [-0.4, -0.2) is 25.5 Å². The van der Waals surface area contributed by atoms with Gasteiger partial charge in [-0.05, 0) is 37.8 Å². The number of ketones is 1. The van der Waals surface area contributed by atoms with Crippen LogP contribution in [0.25, 0.3) is 0 Å². The molecule has 0 N–H and O–H groups in total. The van der Waals surface area contributed by atoms with Crippen LogP contribution >= 0.6 is 0 Å². The number of hydrogen-bond acceptors (Lipinski definition) is 4. The molecule has 2 saturated heterocycles. The molecule has 1 aromatic rings. The van der Waals surface area contributed by atoms with E-state index in [0.29, 0.717) is 18.5 Å². The Balaban J connectivity index is 1.81. The molecule has 0 amide bonds. The maximum Gasteiger partial charge on any atom is 0.184 e. The van der Waals surface area contributed by atoms with Gasteiger partial charge in [-0.1, -0.05) is 6.07 Å². The molecule has 2 aliphatic rings. The van der Waals surface area contributed by atoms with Gasteiger partial charge in [0.05, 0.1) is 0 Å². The predicted molar refractivity (Wildman–Crippen MR) is 71.0 cm³/mol. The van der Waals surface area contributed by atoms with Gasteiger partial charge in [0.1, 0.15) is 17.5 Å². The molecule has 0 aliphatic carbocycles. The number of pyridine rings is 1. The summed E-state index contributed by atoms with van der Waals surface area (Å²) in [6, 6.07) is 6.90. The van der Waals surface area contributed by atoms with Gasteiger partial charge in [0.25, 0.3) is 0 Å². The molecule has 1 aromatic heterocycles. The lowest BCUT2D eigenvalue weighted by Crippen LogP contribution is -2.32. The second-order valence-corrected chi connectivity index (χ2v) is 7.19. The number of carbonyl (C=O) groups excluding carboxylic acids is 1.